The fourth-order valence-corrected chi connectivity index (χ4v) is 4.02. The quantitative estimate of drug-likeness (QED) is 0.325. The van der Waals surface area contributed by atoms with Crippen LogP contribution < -0.4 is 9.47 Å². The highest BCUT2D eigenvalue weighted by molar-refractivity contribution is 6.46. The number of hydrogen-bond acceptors (Lipinski definition) is 5. The minimum absolute atomic E-state index is 0.0507. The molecule has 1 N–H and O–H groups in total. The van der Waals surface area contributed by atoms with Gasteiger partial charge in [0.2, 0.25) is 0 Å². The predicted molar refractivity (Wildman–Crippen MR) is 125 cm³/mol. The normalized spacial score (nSPS) is 17.3. The Balaban J connectivity index is 1.85. The number of ether oxygens (including phenoxy) is 2. The fraction of sp³-hybridized carbons (Fsp3) is 0.185. The summed E-state index contributed by atoms with van der Waals surface area (Å²) in [7, 11) is 1.55. The number of benzene rings is 3. The van der Waals surface area contributed by atoms with Crippen LogP contribution in [-0.2, 0) is 16.1 Å². The Kier molecular flexibility index (Phi) is 6.45. The molecule has 4 rings (SSSR count). The molecule has 6 nitrogen and oxygen atoms in total. The summed E-state index contributed by atoms with van der Waals surface area (Å²) in [6.45, 7) is 2.60. The third kappa shape index (κ3) is 4.46. The number of Topliss-reactive ketones (excluding diaryl/α,β-unsaturated/α-hetero) is 1. The first kappa shape index (κ1) is 22.1. The minimum atomic E-state index is -0.757. The lowest BCUT2D eigenvalue weighted by Crippen LogP contribution is -2.29. The van der Waals surface area contributed by atoms with Gasteiger partial charge in [-0.25, -0.2) is 0 Å². The molecule has 1 fully saturated rings. The van der Waals surface area contributed by atoms with Crippen LogP contribution >= 0.6 is 0 Å². The van der Waals surface area contributed by atoms with Crippen molar-refractivity contribution < 1.29 is 24.2 Å². The maximum Gasteiger partial charge on any atom is 0.295 e. The maximum absolute atomic E-state index is 13.2. The van der Waals surface area contributed by atoms with E-state index >= 15 is 0 Å². The van der Waals surface area contributed by atoms with E-state index in [-0.39, 0.29) is 17.9 Å². The number of aliphatic hydroxyl groups excluding tert-OH is 1. The monoisotopic (exact) mass is 443 g/mol. The van der Waals surface area contributed by atoms with Gasteiger partial charge in [-0.15, -0.1) is 0 Å². The zero-order valence-corrected chi connectivity index (χ0v) is 18.5. The summed E-state index contributed by atoms with van der Waals surface area (Å²) in [5.74, 6) is -0.341. The van der Waals surface area contributed by atoms with E-state index < -0.39 is 17.7 Å². The third-order valence-corrected chi connectivity index (χ3v) is 5.58. The van der Waals surface area contributed by atoms with Gasteiger partial charge in [0.25, 0.3) is 11.7 Å². The van der Waals surface area contributed by atoms with Crippen LogP contribution in [0.25, 0.3) is 5.76 Å². The summed E-state index contributed by atoms with van der Waals surface area (Å²) in [5, 5.41) is 11.2. The molecule has 1 aliphatic heterocycles. The molecule has 3 aromatic rings. The summed E-state index contributed by atoms with van der Waals surface area (Å²) < 4.78 is 10.8. The molecule has 0 aliphatic carbocycles. The van der Waals surface area contributed by atoms with Crippen LogP contribution in [0.3, 0.4) is 0 Å². The first-order valence-corrected chi connectivity index (χ1v) is 10.7. The van der Waals surface area contributed by atoms with E-state index in [0.29, 0.717) is 29.2 Å². The number of ketones is 1. The van der Waals surface area contributed by atoms with Gasteiger partial charge in [-0.3, -0.25) is 9.59 Å². The molecule has 1 saturated heterocycles. The number of carbonyl (C=O) groups excluding carboxylic acids is 2. The van der Waals surface area contributed by atoms with Crippen LogP contribution in [0.15, 0.2) is 84.4 Å². The first-order chi connectivity index (χ1) is 16.0. The SMILES string of the molecule is CCOc1cccc(C2C(=C(O)c3ccc(OC)cc3)C(=O)C(=O)N2Cc2ccccc2)c1. The Morgan fingerprint density at radius 1 is 0.939 bits per heavy atom. The number of aliphatic hydroxyl groups is 1. The largest absolute Gasteiger partial charge is 0.507 e. The molecule has 1 aliphatic rings. The molecule has 1 heterocycles. The maximum atomic E-state index is 13.2. The zero-order chi connectivity index (χ0) is 23.4. The van der Waals surface area contributed by atoms with Crippen molar-refractivity contribution in [3.63, 3.8) is 0 Å². The van der Waals surface area contributed by atoms with E-state index in [9.17, 15) is 14.7 Å². The molecule has 1 atom stereocenters. The van der Waals surface area contributed by atoms with Gasteiger partial charge in [0.15, 0.2) is 0 Å². The van der Waals surface area contributed by atoms with Crippen LogP contribution in [-0.4, -0.2) is 35.4 Å². The molecule has 3 aromatic carbocycles. The Hall–Kier alpha value is -4.06. The number of amides is 1. The van der Waals surface area contributed by atoms with Gasteiger partial charge < -0.3 is 19.5 Å². The van der Waals surface area contributed by atoms with Gasteiger partial charge >= 0.3 is 0 Å². The molecule has 33 heavy (non-hydrogen) atoms. The molecule has 0 aromatic heterocycles. The summed E-state index contributed by atoms with van der Waals surface area (Å²) in [5.41, 5.74) is 2.05. The van der Waals surface area contributed by atoms with Crippen molar-refractivity contribution >= 4 is 17.4 Å². The standard InChI is InChI=1S/C27H25NO5/c1-3-33-22-11-7-10-20(16-22)24-23(25(29)19-12-14-21(32-2)15-13-19)26(30)27(31)28(24)17-18-8-5-4-6-9-18/h4-16,24,29H,3,17H2,1-2H3. The van der Waals surface area contributed by atoms with Crippen molar-refractivity contribution in [2.24, 2.45) is 0 Å². The highest BCUT2D eigenvalue weighted by atomic mass is 16.5. The summed E-state index contributed by atoms with van der Waals surface area (Å²) in [6, 6.07) is 22.7. The van der Waals surface area contributed by atoms with Crippen LogP contribution in [0.5, 0.6) is 11.5 Å². The van der Waals surface area contributed by atoms with Gasteiger partial charge in [-0.2, -0.15) is 0 Å². The van der Waals surface area contributed by atoms with E-state index in [1.165, 1.54) is 4.90 Å². The molecular formula is C27H25NO5. The zero-order valence-electron chi connectivity index (χ0n) is 18.5. The molecule has 0 radical (unpaired) electrons. The summed E-state index contributed by atoms with van der Waals surface area (Å²) in [6.07, 6.45) is 0. The Morgan fingerprint density at radius 2 is 1.67 bits per heavy atom. The van der Waals surface area contributed by atoms with Gasteiger partial charge in [0.1, 0.15) is 17.3 Å². The number of nitrogens with zero attached hydrogens (tertiary/aromatic N) is 1. The van der Waals surface area contributed by atoms with E-state index in [0.717, 1.165) is 5.56 Å². The lowest BCUT2D eigenvalue weighted by molar-refractivity contribution is -0.140. The van der Waals surface area contributed by atoms with Crippen molar-refractivity contribution in [1.82, 2.24) is 4.90 Å². The lowest BCUT2D eigenvalue weighted by atomic mass is 9.95. The first-order valence-electron chi connectivity index (χ1n) is 10.7. The van der Waals surface area contributed by atoms with E-state index in [4.69, 9.17) is 9.47 Å². The van der Waals surface area contributed by atoms with Crippen LogP contribution in [0.2, 0.25) is 0 Å². The van der Waals surface area contributed by atoms with Crippen molar-refractivity contribution in [3.05, 3.63) is 101 Å². The smallest absolute Gasteiger partial charge is 0.295 e. The number of likely N-dealkylation sites (tertiary alicyclic amines) is 1. The molecule has 0 spiro atoms. The van der Waals surface area contributed by atoms with Crippen molar-refractivity contribution in [1.29, 1.82) is 0 Å². The van der Waals surface area contributed by atoms with Crippen LogP contribution in [0.4, 0.5) is 0 Å². The van der Waals surface area contributed by atoms with Crippen molar-refractivity contribution in [2.75, 3.05) is 13.7 Å². The average Bonchev–Trinajstić information content (AvgIpc) is 3.09. The molecule has 1 unspecified atom stereocenters. The highest BCUT2D eigenvalue weighted by Crippen LogP contribution is 2.41. The van der Waals surface area contributed by atoms with Gasteiger partial charge in [-0.05, 0) is 54.4 Å². The Labute approximate surface area is 192 Å². The van der Waals surface area contributed by atoms with E-state index in [1.807, 2.05) is 55.5 Å². The number of hydrogen-bond donors (Lipinski definition) is 1. The summed E-state index contributed by atoms with van der Waals surface area (Å²) in [4.78, 5) is 27.8. The topological polar surface area (TPSA) is 76.1 Å². The van der Waals surface area contributed by atoms with Crippen molar-refractivity contribution in [2.45, 2.75) is 19.5 Å². The van der Waals surface area contributed by atoms with Crippen molar-refractivity contribution in [3.8, 4) is 11.5 Å². The Morgan fingerprint density at radius 3 is 2.33 bits per heavy atom. The third-order valence-electron chi connectivity index (χ3n) is 5.58. The molecule has 1 amide bonds. The molecular weight excluding hydrogens is 418 g/mol. The number of rotatable bonds is 7. The minimum Gasteiger partial charge on any atom is -0.507 e. The number of carbonyl (C=O) groups is 2. The Bertz CT molecular complexity index is 1180. The molecule has 0 saturated carbocycles. The second-order valence-electron chi connectivity index (χ2n) is 7.65. The predicted octanol–water partition coefficient (Wildman–Crippen LogP) is 4.72. The van der Waals surface area contributed by atoms with Crippen LogP contribution in [0.1, 0.15) is 29.7 Å². The van der Waals surface area contributed by atoms with Crippen LogP contribution in [0, 0.1) is 0 Å². The van der Waals surface area contributed by atoms with Gasteiger partial charge in [0, 0.05) is 12.1 Å². The lowest BCUT2D eigenvalue weighted by Gasteiger charge is -2.26. The molecule has 6 heteroatoms. The molecule has 168 valence electrons. The molecule has 0 bridgehead atoms. The second kappa shape index (κ2) is 9.61. The van der Waals surface area contributed by atoms with E-state index in [1.54, 1.807) is 37.4 Å². The second-order valence-corrected chi connectivity index (χ2v) is 7.65. The highest BCUT2D eigenvalue weighted by Gasteiger charge is 2.46. The fourth-order valence-electron chi connectivity index (χ4n) is 4.02. The van der Waals surface area contributed by atoms with Gasteiger partial charge in [0.05, 0.1) is 25.3 Å². The van der Waals surface area contributed by atoms with E-state index in [2.05, 4.69) is 0 Å². The van der Waals surface area contributed by atoms with Gasteiger partial charge in [-0.1, -0.05) is 42.5 Å². The number of methoxy groups -OCH3 is 1. The summed E-state index contributed by atoms with van der Waals surface area (Å²) >= 11 is 0. The average molecular weight is 443 g/mol.